The number of imide groups is 1. The number of carbonyl (C=O) groups excluding carboxylic acids is 3. The molecule has 2 heterocycles. The molecule has 1 aromatic carbocycles. The van der Waals surface area contributed by atoms with Gasteiger partial charge < -0.3 is 5.32 Å². The number of carbonyl (C=O) groups is 3. The second-order valence-corrected chi connectivity index (χ2v) is 8.17. The van der Waals surface area contributed by atoms with Crippen molar-refractivity contribution in [2.45, 2.75) is 44.6 Å². The molecule has 1 aromatic heterocycles. The molecule has 1 aliphatic rings. The molecular formula is C20H20Cl2N4O3. The standard InChI is InChI=1S/C20H20Cl2N4O3/c1-20(2,18-23-6-3-7-24-18)19(29)25-10-11-8-13(21)16(14(22)9-11)12-4-5-15(27)26-17(12)28/h3,6-9,12H,4-5,10H2,1-2H3,(H,25,29)(H,26,27,28)/t12-/m0/s1. The van der Waals surface area contributed by atoms with Crippen LogP contribution in [0, 0.1) is 0 Å². The molecular weight excluding hydrogens is 415 g/mol. The number of amides is 3. The monoisotopic (exact) mass is 434 g/mol. The fourth-order valence-corrected chi connectivity index (χ4v) is 3.96. The van der Waals surface area contributed by atoms with Crippen LogP contribution in [0.1, 0.15) is 49.6 Å². The first-order chi connectivity index (χ1) is 13.7. The number of nitrogens with zero attached hydrogens (tertiary/aromatic N) is 2. The van der Waals surface area contributed by atoms with Crippen molar-refractivity contribution in [3.63, 3.8) is 0 Å². The van der Waals surface area contributed by atoms with Gasteiger partial charge in [-0.3, -0.25) is 19.7 Å². The number of hydrogen-bond donors (Lipinski definition) is 2. The molecule has 152 valence electrons. The van der Waals surface area contributed by atoms with E-state index in [-0.39, 0.29) is 24.8 Å². The van der Waals surface area contributed by atoms with Crippen LogP contribution in [0.5, 0.6) is 0 Å². The molecule has 0 aliphatic carbocycles. The van der Waals surface area contributed by atoms with Crippen molar-refractivity contribution in [1.82, 2.24) is 20.6 Å². The first kappa shape index (κ1) is 21.2. The Morgan fingerprint density at radius 1 is 1.21 bits per heavy atom. The Kier molecular flexibility index (Phi) is 6.19. The molecule has 3 amide bonds. The Balaban J connectivity index is 1.73. The number of piperidine rings is 1. The fraction of sp³-hybridized carbons (Fsp3) is 0.350. The topological polar surface area (TPSA) is 101 Å². The highest BCUT2D eigenvalue weighted by Crippen LogP contribution is 2.36. The van der Waals surface area contributed by atoms with Gasteiger partial charge in [-0.2, -0.15) is 0 Å². The SMILES string of the molecule is CC(C)(C(=O)NCc1cc(Cl)c([C@@H]2CCC(=O)NC2=O)c(Cl)c1)c1ncccn1. The average molecular weight is 435 g/mol. The van der Waals surface area contributed by atoms with Crippen LogP contribution in [0.3, 0.4) is 0 Å². The maximum Gasteiger partial charge on any atom is 0.234 e. The van der Waals surface area contributed by atoms with E-state index in [1.165, 1.54) is 0 Å². The average Bonchev–Trinajstić information content (AvgIpc) is 2.67. The number of aromatic nitrogens is 2. The normalized spacial score (nSPS) is 17.0. The summed E-state index contributed by atoms with van der Waals surface area (Å²) >= 11 is 12.8. The molecule has 0 bridgehead atoms. The number of nitrogens with one attached hydrogen (secondary N) is 2. The summed E-state index contributed by atoms with van der Waals surface area (Å²) in [5.41, 5.74) is 0.266. The van der Waals surface area contributed by atoms with Crippen LogP contribution in [-0.4, -0.2) is 27.7 Å². The molecule has 29 heavy (non-hydrogen) atoms. The minimum atomic E-state index is -0.915. The minimum absolute atomic E-state index is 0.199. The zero-order valence-corrected chi connectivity index (χ0v) is 17.5. The van der Waals surface area contributed by atoms with Crippen molar-refractivity contribution in [1.29, 1.82) is 0 Å². The number of hydrogen-bond acceptors (Lipinski definition) is 5. The first-order valence-corrected chi connectivity index (χ1v) is 9.83. The molecule has 2 N–H and O–H groups in total. The molecule has 9 heteroatoms. The van der Waals surface area contributed by atoms with Crippen molar-refractivity contribution >= 4 is 40.9 Å². The summed E-state index contributed by atoms with van der Waals surface area (Å²) in [6.07, 6.45) is 3.76. The van der Waals surface area contributed by atoms with Crippen molar-refractivity contribution in [3.05, 3.63) is 57.6 Å². The second kappa shape index (κ2) is 8.47. The molecule has 0 saturated carbocycles. The van der Waals surface area contributed by atoms with Crippen molar-refractivity contribution < 1.29 is 14.4 Å². The zero-order valence-electron chi connectivity index (χ0n) is 16.0. The summed E-state index contributed by atoms with van der Waals surface area (Å²) in [7, 11) is 0. The van der Waals surface area contributed by atoms with Gasteiger partial charge in [0.2, 0.25) is 17.7 Å². The van der Waals surface area contributed by atoms with E-state index in [1.807, 2.05) is 0 Å². The van der Waals surface area contributed by atoms with E-state index in [4.69, 9.17) is 23.2 Å². The number of benzene rings is 1. The highest BCUT2D eigenvalue weighted by Gasteiger charge is 2.33. The summed E-state index contributed by atoms with van der Waals surface area (Å²) in [6.45, 7) is 3.68. The van der Waals surface area contributed by atoms with E-state index < -0.39 is 17.2 Å². The van der Waals surface area contributed by atoms with Crippen LogP contribution in [0.4, 0.5) is 0 Å². The van der Waals surface area contributed by atoms with Crippen LogP contribution >= 0.6 is 23.2 Å². The molecule has 0 spiro atoms. The van der Waals surface area contributed by atoms with Crippen molar-refractivity contribution in [2.24, 2.45) is 0 Å². The van der Waals surface area contributed by atoms with Gasteiger partial charge in [0.15, 0.2) is 0 Å². The molecule has 1 atom stereocenters. The number of halogens is 2. The maximum atomic E-state index is 12.7. The Hall–Kier alpha value is -2.51. The van der Waals surface area contributed by atoms with E-state index in [9.17, 15) is 14.4 Å². The van der Waals surface area contributed by atoms with Gasteiger partial charge in [-0.25, -0.2) is 9.97 Å². The molecule has 0 radical (unpaired) electrons. The van der Waals surface area contributed by atoms with Crippen LogP contribution in [0.2, 0.25) is 10.0 Å². The van der Waals surface area contributed by atoms with Gasteiger partial charge in [0.1, 0.15) is 11.2 Å². The lowest BCUT2D eigenvalue weighted by Gasteiger charge is -2.24. The van der Waals surface area contributed by atoms with Gasteiger partial charge in [0, 0.05) is 41.0 Å². The third-order valence-corrected chi connectivity index (χ3v) is 5.50. The third kappa shape index (κ3) is 4.57. The van der Waals surface area contributed by atoms with E-state index in [0.717, 1.165) is 0 Å². The summed E-state index contributed by atoms with van der Waals surface area (Å²) in [5, 5.41) is 5.79. The third-order valence-electron chi connectivity index (χ3n) is 4.87. The van der Waals surface area contributed by atoms with Gasteiger partial charge >= 0.3 is 0 Å². The first-order valence-electron chi connectivity index (χ1n) is 9.07. The lowest BCUT2D eigenvalue weighted by atomic mass is 9.89. The van der Waals surface area contributed by atoms with Gasteiger partial charge in [-0.1, -0.05) is 23.2 Å². The summed E-state index contributed by atoms with van der Waals surface area (Å²) in [4.78, 5) is 44.5. The summed E-state index contributed by atoms with van der Waals surface area (Å²) in [6, 6.07) is 5.02. The Bertz CT molecular complexity index is 940. The van der Waals surface area contributed by atoms with Crippen molar-refractivity contribution in [3.8, 4) is 0 Å². The van der Waals surface area contributed by atoms with Crippen LogP contribution in [0.25, 0.3) is 0 Å². The fourth-order valence-electron chi connectivity index (χ4n) is 3.17. The smallest absolute Gasteiger partial charge is 0.234 e. The molecule has 0 unspecified atom stereocenters. The van der Waals surface area contributed by atoms with E-state index in [2.05, 4.69) is 20.6 Å². The molecule has 3 rings (SSSR count). The Labute approximate surface area is 178 Å². The van der Waals surface area contributed by atoms with Gasteiger partial charge in [-0.15, -0.1) is 0 Å². The summed E-state index contributed by atoms with van der Waals surface area (Å²) in [5.74, 6) is -1.11. The molecule has 2 aromatic rings. The second-order valence-electron chi connectivity index (χ2n) is 7.36. The maximum absolute atomic E-state index is 12.7. The molecule has 1 fully saturated rings. The molecule has 1 saturated heterocycles. The van der Waals surface area contributed by atoms with Crippen LogP contribution < -0.4 is 10.6 Å². The number of rotatable bonds is 5. The minimum Gasteiger partial charge on any atom is -0.351 e. The molecule has 1 aliphatic heterocycles. The highest BCUT2D eigenvalue weighted by atomic mass is 35.5. The van der Waals surface area contributed by atoms with Gasteiger partial charge in [-0.05, 0) is 44.0 Å². The quantitative estimate of drug-likeness (QED) is 0.704. The largest absolute Gasteiger partial charge is 0.351 e. The predicted molar refractivity (Wildman–Crippen MR) is 108 cm³/mol. The summed E-state index contributed by atoms with van der Waals surface area (Å²) < 4.78 is 0. The van der Waals surface area contributed by atoms with E-state index >= 15 is 0 Å². The Morgan fingerprint density at radius 3 is 2.41 bits per heavy atom. The van der Waals surface area contributed by atoms with Crippen LogP contribution in [0.15, 0.2) is 30.6 Å². The van der Waals surface area contributed by atoms with E-state index in [1.54, 1.807) is 44.4 Å². The lowest BCUT2D eigenvalue weighted by Crippen LogP contribution is -2.41. The van der Waals surface area contributed by atoms with Gasteiger partial charge in [0.25, 0.3) is 0 Å². The Morgan fingerprint density at radius 2 is 1.83 bits per heavy atom. The molecule has 7 nitrogen and oxygen atoms in total. The predicted octanol–water partition coefficient (Wildman–Crippen LogP) is 2.90. The van der Waals surface area contributed by atoms with Crippen LogP contribution in [-0.2, 0) is 26.3 Å². The zero-order chi connectivity index (χ0) is 21.2. The van der Waals surface area contributed by atoms with Gasteiger partial charge in [0.05, 0.1) is 5.92 Å². The highest BCUT2D eigenvalue weighted by molar-refractivity contribution is 6.36. The lowest BCUT2D eigenvalue weighted by molar-refractivity contribution is -0.134. The van der Waals surface area contributed by atoms with Crippen molar-refractivity contribution in [2.75, 3.05) is 0 Å². The van der Waals surface area contributed by atoms with E-state index in [0.29, 0.717) is 33.4 Å².